The van der Waals surface area contributed by atoms with Crippen molar-refractivity contribution in [2.45, 2.75) is 44.7 Å². The molecule has 1 aromatic heterocycles. The van der Waals surface area contributed by atoms with Gasteiger partial charge in [0.25, 0.3) is 0 Å². The summed E-state index contributed by atoms with van der Waals surface area (Å²) in [7, 11) is 0. The van der Waals surface area contributed by atoms with Gasteiger partial charge in [0.1, 0.15) is 6.10 Å². The van der Waals surface area contributed by atoms with Crippen molar-refractivity contribution in [3.63, 3.8) is 0 Å². The molecule has 140 valence electrons. The topological polar surface area (TPSA) is 40.6 Å². The SMILES string of the molecule is CC(C)(C)OCC1COC(Cc2cccnc2)(c2ccc(Cl)cc2Cl)O1. The number of ether oxygens (including phenoxy) is 3. The zero-order valence-electron chi connectivity index (χ0n) is 15.2. The minimum atomic E-state index is -0.989. The first-order chi connectivity index (χ1) is 12.3. The van der Waals surface area contributed by atoms with Gasteiger partial charge in [-0.05, 0) is 44.5 Å². The van der Waals surface area contributed by atoms with E-state index in [4.69, 9.17) is 37.4 Å². The van der Waals surface area contributed by atoms with Gasteiger partial charge >= 0.3 is 0 Å². The first-order valence-corrected chi connectivity index (χ1v) is 9.33. The van der Waals surface area contributed by atoms with Gasteiger partial charge in [-0.15, -0.1) is 0 Å². The molecule has 1 aromatic carbocycles. The van der Waals surface area contributed by atoms with Crippen LogP contribution in [-0.4, -0.2) is 29.9 Å². The first kappa shape index (κ1) is 19.6. The Balaban J connectivity index is 1.88. The molecule has 2 aromatic rings. The fraction of sp³-hybridized carbons (Fsp3) is 0.450. The van der Waals surface area contributed by atoms with Crippen LogP contribution < -0.4 is 0 Å². The zero-order chi connectivity index (χ0) is 18.8. The Labute approximate surface area is 164 Å². The number of hydrogen-bond acceptors (Lipinski definition) is 4. The second-order valence-electron chi connectivity index (χ2n) is 7.39. The molecule has 0 radical (unpaired) electrons. The summed E-state index contributed by atoms with van der Waals surface area (Å²) in [5.74, 6) is -0.989. The third kappa shape index (κ3) is 4.76. The summed E-state index contributed by atoms with van der Waals surface area (Å²) >= 11 is 12.5. The van der Waals surface area contributed by atoms with Gasteiger partial charge in [0.05, 0.1) is 23.8 Å². The summed E-state index contributed by atoms with van der Waals surface area (Å²) < 4.78 is 18.4. The summed E-state index contributed by atoms with van der Waals surface area (Å²) in [4.78, 5) is 4.19. The van der Waals surface area contributed by atoms with Crippen LogP contribution in [0.2, 0.25) is 10.0 Å². The Morgan fingerprint density at radius 1 is 1.27 bits per heavy atom. The lowest BCUT2D eigenvalue weighted by Crippen LogP contribution is -2.33. The van der Waals surface area contributed by atoms with Gasteiger partial charge in [-0.3, -0.25) is 4.98 Å². The third-order valence-electron chi connectivity index (χ3n) is 4.06. The van der Waals surface area contributed by atoms with Crippen molar-refractivity contribution in [2.24, 2.45) is 0 Å². The molecular formula is C20H23Cl2NO3. The van der Waals surface area contributed by atoms with Gasteiger partial charge in [0.2, 0.25) is 5.79 Å². The fourth-order valence-electron chi connectivity index (χ4n) is 2.89. The predicted octanol–water partition coefficient (Wildman–Crippen LogP) is 5.01. The maximum atomic E-state index is 6.47. The highest BCUT2D eigenvalue weighted by Crippen LogP contribution is 2.41. The Morgan fingerprint density at radius 2 is 2.08 bits per heavy atom. The van der Waals surface area contributed by atoms with Crippen LogP contribution in [-0.2, 0) is 26.4 Å². The van der Waals surface area contributed by atoms with Crippen molar-refractivity contribution in [3.05, 3.63) is 63.9 Å². The van der Waals surface area contributed by atoms with Crippen LogP contribution in [0.4, 0.5) is 0 Å². The summed E-state index contributed by atoms with van der Waals surface area (Å²) in [5, 5.41) is 1.08. The molecule has 3 rings (SSSR count). The molecule has 0 saturated carbocycles. The molecule has 26 heavy (non-hydrogen) atoms. The third-order valence-corrected chi connectivity index (χ3v) is 4.61. The van der Waals surface area contributed by atoms with Gasteiger partial charge in [-0.25, -0.2) is 0 Å². The maximum Gasteiger partial charge on any atom is 0.201 e. The zero-order valence-corrected chi connectivity index (χ0v) is 16.7. The second kappa shape index (κ2) is 7.83. The largest absolute Gasteiger partial charge is 0.373 e. The highest BCUT2D eigenvalue weighted by molar-refractivity contribution is 6.35. The lowest BCUT2D eigenvalue weighted by atomic mass is 9.98. The van der Waals surface area contributed by atoms with Gasteiger partial charge < -0.3 is 14.2 Å². The highest BCUT2D eigenvalue weighted by atomic mass is 35.5. The molecule has 1 aliphatic rings. The number of aromatic nitrogens is 1. The molecule has 1 aliphatic heterocycles. The first-order valence-electron chi connectivity index (χ1n) is 8.58. The van der Waals surface area contributed by atoms with E-state index in [9.17, 15) is 0 Å². The Kier molecular flexibility index (Phi) is 5.90. The van der Waals surface area contributed by atoms with Crippen LogP contribution in [0.1, 0.15) is 31.9 Å². The van der Waals surface area contributed by atoms with E-state index in [1.807, 2.05) is 39.0 Å². The molecular weight excluding hydrogens is 373 g/mol. The second-order valence-corrected chi connectivity index (χ2v) is 8.23. The van der Waals surface area contributed by atoms with Crippen molar-refractivity contribution >= 4 is 23.2 Å². The van der Waals surface area contributed by atoms with Crippen LogP contribution in [0.5, 0.6) is 0 Å². The van der Waals surface area contributed by atoms with E-state index in [0.29, 0.717) is 29.7 Å². The number of rotatable bonds is 5. The molecule has 0 N–H and O–H groups in total. The van der Waals surface area contributed by atoms with E-state index < -0.39 is 5.79 Å². The van der Waals surface area contributed by atoms with Gasteiger partial charge in [0, 0.05) is 29.4 Å². The minimum Gasteiger partial charge on any atom is -0.373 e. The smallest absolute Gasteiger partial charge is 0.201 e. The van der Waals surface area contributed by atoms with Gasteiger partial charge in [0.15, 0.2) is 0 Å². The molecule has 2 unspecified atom stereocenters. The molecule has 6 heteroatoms. The lowest BCUT2D eigenvalue weighted by molar-refractivity contribution is -0.185. The molecule has 2 heterocycles. The van der Waals surface area contributed by atoms with Crippen LogP contribution in [0.3, 0.4) is 0 Å². The Bertz CT molecular complexity index is 748. The molecule has 0 bridgehead atoms. The summed E-state index contributed by atoms with van der Waals surface area (Å²) in [6.45, 7) is 6.92. The van der Waals surface area contributed by atoms with Crippen LogP contribution in [0.25, 0.3) is 0 Å². The van der Waals surface area contributed by atoms with Gasteiger partial charge in [-0.2, -0.15) is 0 Å². The van der Waals surface area contributed by atoms with E-state index in [2.05, 4.69) is 4.98 Å². The molecule has 0 amide bonds. The highest BCUT2D eigenvalue weighted by Gasteiger charge is 2.45. The number of hydrogen-bond donors (Lipinski definition) is 0. The minimum absolute atomic E-state index is 0.183. The maximum absolute atomic E-state index is 6.47. The fourth-order valence-corrected chi connectivity index (χ4v) is 3.44. The standard InChI is InChI=1S/C20H23Cl2NO3/c1-19(2,3)24-12-16-13-25-20(26-16,10-14-5-4-8-23-11-14)17-7-6-15(21)9-18(17)22/h4-9,11,16H,10,12-13H2,1-3H3. The van der Waals surface area contributed by atoms with Crippen molar-refractivity contribution in [2.75, 3.05) is 13.2 Å². The van der Waals surface area contributed by atoms with E-state index in [1.165, 1.54) is 0 Å². The number of halogens is 2. The summed E-state index contributed by atoms with van der Waals surface area (Å²) in [6.07, 6.45) is 3.85. The number of nitrogens with zero attached hydrogens (tertiary/aromatic N) is 1. The molecule has 2 atom stereocenters. The van der Waals surface area contributed by atoms with Crippen molar-refractivity contribution < 1.29 is 14.2 Å². The quantitative estimate of drug-likeness (QED) is 0.712. The van der Waals surface area contributed by atoms with Crippen molar-refractivity contribution in [3.8, 4) is 0 Å². The molecule has 4 nitrogen and oxygen atoms in total. The monoisotopic (exact) mass is 395 g/mol. The Hall–Kier alpha value is -1.17. The van der Waals surface area contributed by atoms with Crippen molar-refractivity contribution in [1.82, 2.24) is 4.98 Å². The molecule has 1 fully saturated rings. The van der Waals surface area contributed by atoms with Crippen LogP contribution in [0, 0.1) is 0 Å². The average Bonchev–Trinajstić information content (AvgIpc) is 2.97. The normalized spacial score (nSPS) is 23.3. The van der Waals surface area contributed by atoms with Crippen molar-refractivity contribution in [1.29, 1.82) is 0 Å². The van der Waals surface area contributed by atoms with E-state index in [-0.39, 0.29) is 11.7 Å². The van der Waals surface area contributed by atoms with Crippen LogP contribution in [0.15, 0.2) is 42.7 Å². The van der Waals surface area contributed by atoms with E-state index >= 15 is 0 Å². The van der Waals surface area contributed by atoms with E-state index in [1.54, 1.807) is 24.5 Å². The average molecular weight is 396 g/mol. The lowest BCUT2D eigenvalue weighted by Gasteiger charge is -2.30. The van der Waals surface area contributed by atoms with Crippen LogP contribution >= 0.6 is 23.2 Å². The number of pyridine rings is 1. The number of benzene rings is 1. The summed E-state index contributed by atoms with van der Waals surface area (Å²) in [6, 6.07) is 9.23. The Morgan fingerprint density at radius 3 is 2.73 bits per heavy atom. The predicted molar refractivity (Wildman–Crippen MR) is 103 cm³/mol. The van der Waals surface area contributed by atoms with E-state index in [0.717, 1.165) is 11.1 Å². The summed E-state index contributed by atoms with van der Waals surface area (Å²) in [5.41, 5.74) is 1.51. The molecule has 0 spiro atoms. The molecule has 1 saturated heterocycles. The molecule has 0 aliphatic carbocycles. The van der Waals surface area contributed by atoms with Gasteiger partial charge in [-0.1, -0.05) is 35.3 Å².